The largest absolute Gasteiger partial charge is 0.805 e. The molecule has 5 nitrogen and oxygen atoms in total. The molecule has 0 bridgehead atoms. The number of hydrogen-bond donors (Lipinski definition) is 0. The molecule has 1 heterocycles. The van der Waals surface area contributed by atoms with E-state index in [0.717, 1.165) is 0 Å². The fraction of sp³-hybridized carbons (Fsp3) is 0.364. The highest BCUT2D eigenvalue weighted by molar-refractivity contribution is 6.29. The maximum atomic E-state index is 11.3. The van der Waals surface area contributed by atoms with E-state index in [1.807, 2.05) is 27.7 Å². The van der Waals surface area contributed by atoms with Gasteiger partial charge in [-0.05, 0) is 6.07 Å². The molecule has 1 aromatic carbocycles. The van der Waals surface area contributed by atoms with E-state index in [4.69, 9.17) is 7.85 Å². The normalized spacial score (nSPS) is 8.71. The van der Waals surface area contributed by atoms with Gasteiger partial charge in [-0.1, -0.05) is 39.8 Å². The molecule has 0 aliphatic heterocycles. The number of hydrogen-bond acceptors (Lipinski definition) is 3. The molecular weight excluding hydrogens is 217 g/mol. The van der Waals surface area contributed by atoms with Crippen molar-refractivity contribution in [1.29, 1.82) is 0 Å². The molecule has 0 amide bonds. The monoisotopic (exact) mass is 233 g/mol. The Hall–Kier alpha value is -1.85. The first-order valence-electron chi connectivity index (χ1n) is 5.58. The summed E-state index contributed by atoms with van der Waals surface area (Å²) >= 11 is 0. The summed E-state index contributed by atoms with van der Waals surface area (Å²) in [7, 11) is 5.21. The molecule has 0 aliphatic carbocycles. The Morgan fingerprint density at radius 2 is 1.76 bits per heavy atom. The molecule has 2 aromatic rings. The minimum Gasteiger partial charge on any atom is -0.805 e. The molecule has 0 atom stereocenters. The van der Waals surface area contributed by atoms with Crippen molar-refractivity contribution in [1.82, 2.24) is 9.83 Å². The minimum absolute atomic E-state index is 0.201. The van der Waals surface area contributed by atoms with Gasteiger partial charge in [0.25, 0.3) is 0 Å². The lowest BCUT2D eigenvalue weighted by Crippen LogP contribution is -2.35. The molecule has 0 N–H and O–H groups in total. The van der Waals surface area contributed by atoms with Gasteiger partial charge < -0.3 is 9.94 Å². The standard InChI is InChI=1S/C7H4BN3O2.2C2H6/c8-7-9-11(13)6-4-2-1-3-5(6)10(7)12;2*1-2/h1-4H;2*1-2H3. The number of aromatic nitrogens is 3. The molecule has 0 spiro atoms. The quantitative estimate of drug-likeness (QED) is 0.506. The molecule has 0 fully saturated rings. The van der Waals surface area contributed by atoms with E-state index >= 15 is 0 Å². The number of rotatable bonds is 0. The second kappa shape index (κ2) is 7.43. The average Bonchev–Trinajstić information content (AvgIpc) is 2.41. The maximum absolute atomic E-state index is 11.3. The van der Waals surface area contributed by atoms with Gasteiger partial charge in [0.05, 0.1) is 10.0 Å². The van der Waals surface area contributed by atoms with Crippen molar-refractivity contribution in [2.24, 2.45) is 0 Å². The SMILES string of the molecule is CC.CC.[B]c1n[n+](=O)c2ccccc2n1[O-]. The first-order chi connectivity index (χ1) is 8.20. The van der Waals surface area contributed by atoms with Crippen LogP contribution in [0.4, 0.5) is 0 Å². The minimum atomic E-state index is -0.353. The summed E-state index contributed by atoms with van der Waals surface area (Å²) in [6.45, 7) is 8.00. The Labute approximate surface area is 102 Å². The average molecular weight is 233 g/mol. The van der Waals surface area contributed by atoms with Gasteiger partial charge in [-0.25, -0.2) is 0 Å². The third-order valence-electron chi connectivity index (χ3n) is 1.71. The van der Waals surface area contributed by atoms with Crippen LogP contribution in [0.5, 0.6) is 0 Å². The smallest absolute Gasteiger partial charge is 0.318 e. The molecule has 90 valence electrons. The van der Waals surface area contributed by atoms with Crippen LogP contribution in [-0.2, 0) is 0 Å². The van der Waals surface area contributed by atoms with Crippen LogP contribution in [0.1, 0.15) is 27.7 Å². The van der Waals surface area contributed by atoms with E-state index in [1.165, 1.54) is 12.1 Å². The van der Waals surface area contributed by atoms with Crippen LogP contribution in [0.25, 0.3) is 11.0 Å². The van der Waals surface area contributed by atoms with Crippen LogP contribution >= 0.6 is 0 Å². The van der Waals surface area contributed by atoms with E-state index in [1.54, 1.807) is 12.1 Å². The zero-order chi connectivity index (χ0) is 13.4. The van der Waals surface area contributed by atoms with Crippen molar-refractivity contribution in [3.05, 3.63) is 34.4 Å². The van der Waals surface area contributed by atoms with Gasteiger partial charge in [0, 0.05) is 6.07 Å². The summed E-state index contributed by atoms with van der Waals surface area (Å²) in [5, 5.41) is 14.5. The first-order valence-corrected chi connectivity index (χ1v) is 5.58. The van der Waals surface area contributed by atoms with Crippen LogP contribution in [-0.4, -0.2) is 17.7 Å². The van der Waals surface area contributed by atoms with Crippen molar-refractivity contribution in [3.63, 3.8) is 0 Å². The highest BCUT2D eigenvalue weighted by Crippen LogP contribution is 2.04. The fourth-order valence-corrected chi connectivity index (χ4v) is 1.11. The van der Waals surface area contributed by atoms with Crippen molar-refractivity contribution >= 4 is 24.6 Å². The summed E-state index contributed by atoms with van der Waals surface area (Å²) in [4.78, 5) is 11.1. The lowest BCUT2D eigenvalue weighted by Gasteiger charge is -2.12. The Bertz CT molecular complexity index is 526. The molecule has 0 saturated heterocycles. The van der Waals surface area contributed by atoms with E-state index in [9.17, 15) is 10.1 Å². The lowest BCUT2D eigenvalue weighted by molar-refractivity contribution is -0.534. The molecule has 17 heavy (non-hydrogen) atoms. The second-order valence-corrected chi connectivity index (χ2v) is 2.51. The Morgan fingerprint density at radius 3 is 2.35 bits per heavy atom. The van der Waals surface area contributed by atoms with Gasteiger partial charge in [-0.2, -0.15) is 0 Å². The fourth-order valence-electron chi connectivity index (χ4n) is 1.11. The van der Waals surface area contributed by atoms with Crippen molar-refractivity contribution in [2.75, 3.05) is 0 Å². The zero-order valence-corrected chi connectivity index (χ0v) is 10.5. The predicted octanol–water partition coefficient (Wildman–Crippen LogP) is 1.14. The van der Waals surface area contributed by atoms with Crippen LogP contribution in [0.2, 0.25) is 0 Å². The summed E-state index contributed by atoms with van der Waals surface area (Å²) in [5.41, 5.74) is 0.0606. The molecule has 0 unspecified atom stereocenters. The summed E-state index contributed by atoms with van der Waals surface area (Å²) in [6.07, 6.45) is 0. The molecular formula is C11H16BN3O2. The van der Waals surface area contributed by atoms with Crippen LogP contribution in [0.3, 0.4) is 0 Å². The van der Waals surface area contributed by atoms with Crippen molar-refractivity contribution < 1.29 is 4.54 Å². The van der Waals surface area contributed by atoms with E-state index in [-0.39, 0.29) is 16.8 Å². The van der Waals surface area contributed by atoms with Gasteiger partial charge in [0.2, 0.25) is 0 Å². The zero-order valence-electron chi connectivity index (χ0n) is 10.5. The Morgan fingerprint density at radius 1 is 1.24 bits per heavy atom. The number of nitrogens with zero attached hydrogens (tertiary/aromatic N) is 3. The van der Waals surface area contributed by atoms with Gasteiger partial charge in [-0.15, -0.1) is 0 Å². The molecule has 1 aromatic heterocycles. The number of para-hydroxylation sites is 2. The van der Waals surface area contributed by atoms with Gasteiger partial charge >= 0.3 is 5.52 Å². The van der Waals surface area contributed by atoms with Gasteiger partial charge in [0.1, 0.15) is 11.2 Å². The van der Waals surface area contributed by atoms with Gasteiger partial charge in [0.15, 0.2) is 12.4 Å². The molecule has 2 rings (SSSR count). The van der Waals surface area contributed by atoms with E-state index < -0.39 is 0 Å². The Kier molecular flexibility index (Phi) is 6.63. The van der Waals surface area contributed by atoms with Crippen LogP contribution in [0.15, 0.2) is 24.3 Å². The molecule has 6 heteroatoms. The highest BCUT2D eigenvalue weighted by atomic mass is 16.5. The van der Waals surface area contributed by atoms with E-state index in [2.05, 4.69) is 5.10 Å². The van der Waals surface area contributed by atoms with Crippen LogP contribution < -0.4 is 10.3 Å². The predicted molar refractivity (Wildman–Crippen MR) is 69.9 cm³/mol. The number of benzene rings is 1. The maximum Gasteiger partial charge on any atom is 0.318 e. The lowest BCUT2D eigenvalue weighted by atomic mass is 10.1. The second-order valence-electron chi connectivity index (χ2n) is 2.51. The Balaban J connectivity index is 0.000000581. The van der Waals surface area contributed by atoms with Crippen LogP contribution in [0, 0.1) is 10.1 Å². The summed E-state index contributed by atoms with van der Waals surface area (Å²) in [6, 6.07) is 6.31. The highest BCUT2D eigenvalue weighted by Gasteiger charge is 2.09. The molecule has 2 radical (unpaired) electrons. The molecule has 0 saturated carbocycles. The van der Waals surface area contributed by atoms with E-state index in [0.29, 0.717) is 9.27 Å². The van der Waals surface area contributed by atoms with Crippen molar-refractivity contribution in [2.45, 2.75) is 27.7 Å². The number of fused-ring (bicyclic) bond motifs is 1. The third-order valence-corrected chi connectivity index (χ3v) is 1.71. The summed E-state index contributed by atoms with van der Waals surface area (Å²) < 4.78 is 0.753. The summed E-state index contributed by atoms with van der Waals surface area (Å²) in [5.74, 6) is 0. The topological polar surface area (TPSA) is 63.8 Å². The third kappa shape index (κ3) is 3.30. The van der Waals surface area contributed by atoms with Crippen molar-refractivity contribution in [3.8, 4) is 0 Å². The first kappa shape index (κ1) is 15.2. The van der Waals surface area contributed by atoms with Gasteiger partial charge in [-0.3, -0.25) is 0 Å². The molecule has 0 aliphatic rings.